The summed E-state index contributed by atoms with van der Waals surface area (Å²) in [6, 6.07) is 10.6. The third-order valence-corrected chi connectivity index (χ3v) is 6.59. The van der Waals surface area contributed by atoms with Gasteiger partial charge in [0.05, 0.1) is 23.8 Å². The van der Waals surface area contributed by atoms with Crippen LogP contribution in [0.15, 0.2) is 47.7 Å². The number of carbonyl (C=O) groups excluding carboxylic acids is 1. The summed E-state index contributed by atoms with van der Waals surface area (Å²) in [5.74, 6) is 2.43. The predicted octanol–water partition coefficient (Wildman–Crippen LogP) is 5.68. The maximum absolute atomic E-state index is 13.1. The summed E-state index contributed by atoms with van der Waals surface area (Å²) in [4.78, 5) is 17.8. The number of fused-ring (bicyclic) bond motifs is 1. The number of aromatic nitrogens is 3. The first kappa shape index (κ1) is 21.8. The van der Waals surface area contributed by atoms with Gasteiger partial charge in [0.15, 0.2) is 23.1 Å². The largest absolute Gasteiger partial charge is 0.493 e. The van der Waals surface area contributed by atoms with E-state index < -0.39 is 6.04 Å². The molecule has 2 aliphatic rings. The van der Waals surface area contributed by atoms with Crippen molar-refractivity contribution in [3.63, 3.8) is 0 Å². The van der Waals surface area contributed by atoms with Crippen LogP contribution in [0.4, 0.5) is 5.95 Å². The lowest BCUT2D eigenvalue weighted by molar-refractivity contribution is -0.116. The Kier molecular flexibility index (Phi) is 5.76. The number of rotatable bonds is 5. The average molecular weight is 485 g/mol. The fraction of sp³-hybridized carbons (Fsp3) is 0.292. The van der Waals surface area contributed by atoms with Gasteiger partial charge in [-0.05, 0) is 55.7 Å². The number of hydrogen-bond acceptors (Lipinski definition) is 6. The van der Waals surface area contributed by atoms with Gasteiger partial charge < -0.3 is 14.8 Å². The molecule has 0 saturated carbocycles. The monoisotopic (exact) mass is 484 g/mol. The number of nitrogens with zero attached hydrogens (tertiary/aromatic N) is 3. The smallest absolute Gasteiger partial charge is 0.226 e. The second-order valence-corrected chi connectivity index (χ2v) is 8.69. The van der Waals surface area contributed by atoms with Crippen molar-refractivity contribution in [1.29, 1.82) is 0 Å². The fourth-order valence-corrected chi connectivity index (χ4v) is 4.65. The van der Waals surface area contributed by atoms with Gasteiger partial charge in [0, 0.05) is 23.3 Å². The van der Waals surface area contributed by atoms with Crippen LogP contribution in [-0.2, 0) is 4.79 Å². The lowest BCUT2D eigenvalue weighted by atomic mass is 9.85. The van der Waals surface area contributed by atoms with Gasteiger partial charge in [-0.15, -0.1) is 5.10 Å². The van der Waals surface area contributed by atoms with Crippen LogP contribution in [0.25, 0.3) is 11.4 Å². The number of ether oxygens (including phenoxy) is 2. The minimum Gasteiger partial charge on any atom is -0.493 e. The normalized spacial score (nSPS) is 17.3. The van der Waals surface area contributed by atoms with Crippen molar-refractivity contribution in [2.45, 2.75) is 32.2 Å². The Morgan fingerprint density at radius 1 is 1.12 bits per heavy atom. The van der Waals surface area contributed by atoms with Crippen molar-refractivity contribution in [1.82, 2.24) is 14.8 Å². The topological polar surface area (TPSA) is 78.3 Å². The molecule has 0 amide bonds. The van der Waals surface area contributed by atoms with E-state index in [4.69, 9.17) is 42.8 Å². The number of benzene rings is 2. The molecule has 1 aliphatic carbocycles. The lowest BCUT2D eigenvalue weighted by Crippen LogP contribution is -2.31. The number of anilines is 1. The number of carbonyl (C=O) groups is 1. The molecule has 0 saturated heterocycles. The summed E-state index contributed by atoms with van der Waals surface area (Å²) < 4.78 is 13.0. The highest BCUT2D eigenvalue weighted by Gasteiger charge is 2.37. The molecular weight excluding hydrogens is 463 g/mol. The fourth-order valence-electron chi connectivity index (χ4n) is 4.35. The molecule has 5 rings (SSSR count). The van der Waals surface area contributed by atoms with Crippen LogP contribution in [0.1, 0.15) is 37.8 Å². The second-order valence-electron chi connectivity index (χ2n) is 7.87. The number of nitrogens with one attached hydrogen (secondary N) is 1. The van der Waals surface area contributed by atoms with E-state index in [-0.39, 0.29) is 5.78 Å². The van der Waals surface area contributed by atoms with Crippen molar-refractivity contribution < 1.29 is 14.3 Å². The summed E-state index contributed by atoms with van der Waals surface area (Å²) in [5, 5.41) is 9.00. The van der Waals surface area contributed by atoms with E-state index in [9.17, 15) is 4.79 Å². The first-order valence-corrected chi connectivity index (χ1v) is 11.5. The number of Topliss-reactive ketones (excluding diaryl/α,β-unsaturated/α-hetero) is 1. The molecule has 2 aromatic carbocycles. The predicted molar refractivity (Wildman–Crippen MR) is 127 cm³/mol. The van der Waals surface area contributed by atoms with Crippen molar-refractivity contribution in [3.05, 3.63) is 63.3 Å². The zero-order valence-electron chi connectivity index (χ0n) is 18.2. The zero-order valence-corrected chi connectivity index (χ0v) is 19.7. The van der Waals surface area contributed by atoms with Gasteiger partial charge >= 0.3 is 0 Å². The van der Waals surface area contributed by atoms with E-state index in [1.54, 1.807) is 23.9 Å². The highest BCUT2D eigenvalue weighted by Crippen LogP contribution is 2.42. The lowest BCUT2D eigenvalue weighted by Gasteiger charge is -2.32. The standard InChI is InChI=1S/C24H22Cl2N4O3/c1-3-33-19-10-8-13(12-20(19)32-2)22-21-17(5-4-6-18(21)31)27-24-28-23(29-30(22)24)14-7-9-15(25)16(26)11-14/h7-12,22H,3-6H2,1-2H3,(H,27,28,29). The van der Waals surface area contributed by atoms with Gasteiger partial charge in [0.1, 0.15) is 6.04 Å². The summed E-state index contributed by atoms with van der Waals surface area (Å²) in [6.07, 6.45) is 2.09. The third-order valence-electron chi connectivity index (χ3n) is 5.85. The van der Waals surface area contributed by atoms with Gasteiger partial charge in [-0.25, -0.2) is 4.68 Å². The minimum atomic E-state index is -0.433. The highest BCUT2D eigenvalue weighted by atomic mass is 35.5. The Morgan fingerprint density at radius 2 is 1.97 bits per heavy atom. The van der Waals surface area contributed by atoms with Crippen molar-refractivity contribution in [2.75, 3.05) is 19.0 Å². The third kappa shape index (κ3) is 3.85. The summed E-state index contributed by atoms with van der Waals surface area (Å²) >= 11 is 12.3. The Bertz CT molecular complexity index is 1280. The molecule has 0 fully saturated rings. The molecule has 1 aromatic heterocycles. The van der Waals surface area contributed by atoms with Crippen LogP contribution in [-0.4, -0.2) is 34.3 Å². The number of ketones is 1. The van der Waals surface area contributed by atoms with Gasteiger partial charge in [0.25, 0.3) is 0 Å². The van der Waals surface area contributed by atoms with Crippen LogP contribution < -0.4 is 14.8 Å². The number of allylic oxidation sites excluding steroid dienone is 2. The molecule has 3 aromatic rings. The molecule has 0 spiro atoms. The molecule has 0 bridgehead atoms. The molecule has 1 N–H and O–H groups in total. The average Bonchev–Trinajstić information content (AvgIpc) is 3.24. The zero-order chi connectivity index (χ0) is 23.1. The summed E-state index contributed by atoms with van der Waals surface area (Å²) in [6.45, 7) is 2.45. The van der Waals surface area contributed by atoms with E-state index in [0.29, 0.717) is 51.9 Å². The van der Waals surface area contributed by atoms with Crippen LogP contribution >= 0.6 is 23.2 Å². The van der Waals surface area contributed by atoms with E-state index in [1.165, 1.54) is 0 Å². The number of methoxy groups -OCH3 is 1. The molecule has 1 aliphatic heterocycles. The van der Waals surface area contributed by atoms with Crippen molar-refractivity contribution in [3.8, 4) is 22.9 Å². The summed E-state index contributed by atoms with van der Waals surface area (Å²) in [5.41, 5.74) is 3.21. The molecular formula is C24H22Cl2N4O3. The Morgan fingerprint density at radius 3 is 2.73 bits per heavy atom. The maximum atomic E-state index is 13.1. The van der Waals surface area contributed by atoms with Crippen LogP contribution in [0.3, 0.4) is 0 Å². The van der Waals surface area contributed by atoms with E-state index in [1.807, 2.05) is 31.2 Å². The van der Waals surface area contributed by atoms with Crippen LogP contribution in [0, 0.1) is 0 Å². The first-order chi connectivity index (χ1) is 16.0. The number of halogens is 2. The molecule has 2 heterocycles. The minimum absolute atomic E-state index is 0.110. The van der Waals surface area contributed by atoms with Crippen molar-refractivity contribution in [2.24, 2.45) is 0 Å². The molecule has 1 atom stereocenters. The van der Waals surface area contributed by atoms with E-state index >= 15 is 0 Å². The van der Waals surface area contributed by atoms with E-state index in [2.05, 4.69) is 5.32 Å². The van der Waals surface area contributed by atoms with Gasteiger partial charge in [-0.3, -0.25) is 4.79 Å². The van der Waals surface area contributed by atoms with E-state index in [0.717, 1.165) is 29.7 Å². The Labute approximate surface area is 201 Å². The first-order valence-electron chi connectivity index (χ1n) is 10.8. The summed E-state index contributed by atoms with van der Waals surface area (Å²) in [7, 11) is 1.60. The SMILES string of the molecule is CCOc1ccc(C2C3=C(CCCC3=O)Nc3nc(-c4ccc(Cl)c(Cl)c4)nn32)cc1OC. The molecule has 1 unspecified atom stereocenters. The Balaban J connectivity index is 1.65. The van der Waals surface area contributed by atoms with Gasteiger partial charge in [-0.1, -0.05) is 29.3 Å². The van der Waals surface area contributed by atoms with Crippen LogP contribution in [0.2, 0.25) is 10.0 Å². The van der Waals surface area contributed by atoms with Crippen LogP contribution in [0.5, 0.6) is 11.5 Å². The second kappa shape index (κ2) is 8.72. The molecule has 0 radical (unpaired) electrons. The number of hydrogen-bond donors (Lipinski definition) is 1. The molecule has 9 heteroatoms. The maximum Gasteiger partial charge on any atom is 0.226 e. The van der Waals surface area contributed by atoms with Crippen molar-refractivity contribution >= 4 is 34.9 Å². The Hall–Kier alpha value is -3.03. The quantitative estimate of drug-likeness (QED) is 0.501. The van der Waals surface area contributed by atoms with Gasteiger partial charge in [0.2, 0.25) is 5.95 Å². The molecule has 170 valence electrons. The molecule has 7 nitrogen and oxygen atoms in total. The molecule has 33 heavy (non-hydrogen) atoms. The highest BCUT2D eigenvalue weighted by molar-refractivity contribution is 6.42. The van der Waals surface area contributed by atoms with Gasteiger partial charge in [-0.2, -0.15) is 4.98 Å².